The Bertz CT molecular complexity index is 686. The van der Waals surface area contributed by atoms with Crippen LogP contribution in [0.4, 0.5) is 15.9 Å². The molecular weight excluding hydrogens is 295 g/mol. The van der Waals surface area contributed by atoms with Crippen molar-refractivity contribution in [3.05, 3.63) is 41.3 Å². The third-order valence-corrected chi connectivity index (χ3v) is 3.78. The topological polar surface area (TPSA) is 98.0 Å². The summed E-state index contributed by atoms with van der Waals surface area (Å²) in [5, 5.41) is 7.08. The molecule has 0 aliphatic rings. The fourth-order valence-electron chi connectivity index (χ4n) is 1.37. The van der Waals surface area contributed by atoms with E-state index in [1.807, 2.05) is 0 Å². The third-order valence-electron chi connectivity index (χ3n) is 2.14. The lowest BCUT2D eigenvalue weighted by molar-refractivity contribution is 0.571. The van der Waals surface area contributed by atoms with Gasteiger partial charge in [0.15, 0.2) is 11.0 Å². The average molecular weight is 303 g/mol. The summed E-state index contributed by atoms with van der Waals surface area (Å²) in [7, 11) is -4.18. The SMILES string of the molecule is Nc1cccc(F)c1S(=O)(=O)Nc1ccc(Cl)nn1. The monoisotopic (exact) mass is 302 g/mol. The van der Waals surface area contributed by atoms with E-state index in [1.54, 1.807) is 0 Å². The van der Waals surface area contributed by atoms with Gasteiger partial charge in [-0.1, -0.05) is 17.7 Å². The molecule has 100 valence electrons. The van der Waals surface area contributed by atoms with E-state index in [2.05, 4.69) is 14.9 Å². The van der Waals surface area contributed by atoms with Gasteiger partial charge in [0, 0.05) is 0 Å². The van der Waals surface area contributed by atoms with Crippen molar-refractivity contribution >= 4 is 33.1 Å². The number of nitrogens with one attached hydrogen (secondary N) is 1. The summed E-state index contributed by atoms with van der Waals surface area (Å²) in [5.41, 5.74) is 5.27. The number of hydrogen-bond acceptors (Lipinski definition) is 5. The van der Waals surface area contributed by atoms with Gasteiger partial charge >= 0.3 is 0 Å². The van der Waals surface area contributed by atoms with E-state index in [1.165, 1.54) is 24.3 Å². The number of nitrogens with two attached hydrogens (primary N) is 1. The lowest BCUT2D eigenvalue weighted by Crippen LogP contribution is -2.17. The van der Waals surface area contributed by atoms with Crippen LogP contribution in [-0.4, -0.2) is 18.6 Å². The van der Waals surface area contributed by atoms with Crippen LogP contribution in [0.25, 0.3) is 0 Å². The van der Waals surface area contributed by atoms with E-state index >= 15 is 0 Å². The van der Waals surface area contributed by atoms with Crippen LogP contribution in [0.15, 0.2) is 35.2 Å². The molecule has 0 aliphatic carbocycles. The Hall–Kier alpha value is -1.93. The van der Waals surface area contributed by atoms with Crippen molar-refractivity contribution in [1.82, 2.24) is 10.2 Å². The minimum Gasteiger partial charge on any atom is -0.398 e. The first-order valence-corrected chi connectivity index (χ1v) is 6.82. The largest absolute Gasteiger partial charge is 0.398 e. The molecule has 0 amide bonds. The summed E-state index contributed by atoms with van der Waals surface area (Å²) in [6, 6.07) is 6.23. The zero-order valence-electron chi connectivity index (χ0n) is 9.34. The molecule has 1 aromatic carbocycles. The molecule has 0 fully saturated rings. The number of hydrogen-bond donors (Lipinski definition) is 2. The molecule has 2 rings (SSSR count). The highest BCUT2D eigenvalue weighted by molar-refractivity contribution is 7.92. The van der Waals surface area contributed by atoms with Gasteiger partial charge in [-0.3, -0.25) is 4.72 Å². The quantitative estimate of drug-likeness (QED) is 0.840. The molecule has 0 radical (unpaired) electrons. The van der Waals surface area contributed by atoms with Crippen molar-refractivity contribution < 1.29 is 12.8 Å². The Morgan fingerprint density at radius 2 is 1.95 bits per heavy atom. The maximum Gasteiger partial charge on any atom is 0.268 e. The molecule has 1 heterocycles. The molecule has 1 aromatic heterocycles. The van der Waals surface area contributed by atoms with Gasteiger partial charge in [-0.25, -0.2) is 12.8 Å². The molecule has 0 unspecified atom stereocenters. The van der Waals surface area contributed by atoms with Crippen molar-refractivity contribution in [2.45, 2.75) is 4.90 Å². The fraction of sp³-hybridized carbons (Fsp3) is 0. The van der Waals surface area contributed by atoms with Crippen molar-refractivity contribution in [3.8, 4) is 0 Å². The van der Waals surface area contributed by atoms with Crippen LogP contribution in [-0.2, 0) is 10.0 Å². The summed E-state index contributed by atoms with van der Waals surface area (Å²) < 4.78 is 39.6. The molecule has 0 aliphatic heterocycles. The number of sulfonamides is 1. The summed E-state index contributed by atoms with van der Waals surface area (Å²) in [4.78, 5) is -0.633. The number of anilines is 2. The summed E-state index contributed by atoms with van der Waals surface area (Å²) in [6.45, 7) is 0. The Kier molecular flexibility index (Phi) is 3.54. The first-order chi connectivity index (χ1) is 8.90. The van der Waals surface area contributed by atoms with Crippen LogP contribution in [0, 0.1) is 5.82 Å². The third kappa shape index (κ3) is 2.91. The minimum atomic E-state index is -4.18. The normalized spacial score (nSPS) is 11.3. The van der Waals surface area contributed by atoms with E-state index in [0.717, 1.165) is 6.07 Å². The van der Waals surface area contributed by atoms with Gasteiger partial charge in [-0.2, -0.15) is 0 Å². The molecule has 0 atom stereocenters. The predicted octanol–water partition coefficient (Wildman–Crippen LogP) is 1.65. The van der Waals surface area contributed by atoms with Crippen LogP contribution in [0.1, 0.15) is 0 Å². The lowest BCUT2D eigenvalue weighted by Gasteiger charge is -2.09. The molecule has 0 bridgehead atoms. The lowest BCUT2D eigenvalue weighted by atomic mass is 10.3. The molecule has 0 spiro atoms. The van der Waals surface area contributed by atoms with Crippen LogP contribution in [0.5, 0.6) is 0 Å². The second-order valence-corrected chi connectivity index (χ2v) is 5.51. The van der Waals surface area contributed by atoms with E-state index in [0.29, 0.717) is 0 Å². The molecule has 9 heteroatoms. The number of nitrogen functional groups attached to an aromatic ring is 1. The van der Waals surface area contributed by atoms with Crippen molar-refractivity contribution in [3.63, 3.8) is 0 Å². The van der Waals surface area contributed by atoms with Crippen LogP contribution in [0.3, 0.4) is 0 Å². The van der Waals surface area contributed by atoms with E-state index in [9.17, 15) is 12.8 Å². The number of benzene rings is 1. The maximum atomic E-state index is 13.6. The maximum absolute atomic E-state index is 13.6. The van der Waals surface area contributed by atoms with Gasteiger partial charge in [0.05, 0.1) is 5.69 Å². The zero-order chi connectivity index (χ0) is 14.0. The number of nitrogens with zero attached hydrogens (tertiary/aromatic N) is 2. The number of aromatic nitrogens is 2. The first-order valence-electron chi connectivity index (χ1n) is 4.96. The molecule has 3 N–H and O–H groups in total. The number of rotatable bonds is 3. The molecule has 19 heavy (non-hydrogen) atoms. The summed E-state index contributed by atoms with van der Waals surface area (Å²) in [6.07, 6.45) is 0. The van der Waals surface area contributed by atoms with Gasteiger partial charge in [0.25, 0.3) is 10.0 Å². The highest BCUT2D eigenvalue weighted by atomic mass is 35.5. The summed E-state index contributed by atoms with van der Waals surface area (Å²) in [5.74, 6) is -1.04. The van der Waals surface area contributed by atoms with Gasteiger partial charge in [-0.15, -0.1) is 10.2 Å². The van der Waals surface area contributed by atoms with Gasteiger partial charge < -0.3 is 5.73 Å². The second kappa shape index (κ2) is 4.98. The second-order valence-electron chi connectivity index (χ2n) is 3.50. The summed E-state index contributed by atoms with van der Waals surface area (Å²) >= 11 is 5.52. The molecule has 2 aromatic rings. The minimum absolute atomic E-state index is 0.0907. The van der Waals surface area contributed by atoms with Crippen molar-refractivity contribution in [1.29, 1.82) is 0 Å². The highest BCUT2D eigenvalue weighted by Gasteiger charge is 2.22. The smallest absolute Gasteiger partial charge is 0.268 e. The van der Waals surface area contributed by atoms with Crippen LogP contribution in [0.2, 0.25) is 5.15 Å². The average Bonchev–Trinajstić information content (AvgIpc) is 2.31. The molecule has 6 nitrogen and oxygen atoms in total. The molecule has 0 saturated heterocycles. The van der Waals surface area contributed by atoms with Gasteiger partial charge in [0.2, 0.25) is 0 Å². The first kappa shape index (κ1) is 13.5. The fourth-order valence-corrected chi connectivity index (χ4v) is 2.66. The number of halogens is 2. The Morgan fingerprint density at radius 3 is 2.53 bits per heavy atom. The molecular formula is C10H8ClFN4O2S. The van der Waals surface area contributed by atoms with Crippen molar-refractivity contribution in [2.75, 3.05) is 10.5 Å². The standard InChI is InChI=1S/C10H8ClFN4O2S/c11-8-4-5-9(15-14-8)16-19(17,18)10-6(12)2-1-3-7(10)13/h1-5H,13H2,(H,15,16). The van der Waals surface area contributed by atoms with Crippen molar-refractivity contribution in [2.24, 2.45) is 0 Å². The Morgan fingerprint density at radius 1 is 1.21 bits per heavy atom. The van der Waals surface area contributed by atoms with E-state index in [4.69, 9.17) is 17.3 Å². The highest BCUT2D eigenvalue weighted by Crippen LogP contribution is 2.23. The zero-order valence-corrected chi connectivity index (χ0v) is 10.9. The van der Waals surface area contributed by atoms with E-state index < -0.39 is 20.7 Å². The van der Waals surface area contributed by atoms with E-state index in [-0.39, 0.29) is 16.7 Å². The van der Waals surface area contributed by atoms with Crippen LogP contribution < -0.4 is 10.5 Å². The van der Waals surface area contributed by atoms with Gasteiger partial charge in [0.1, 0.15) is 10.7 Å². The molecule has 0 saturated carbocycles. The Labute approximate surface area is 113 Å². The van der Waals surface area contributed by atoms with Gasteiger partial charge in [-0.05, 0) is 24.3 Å². The van der Waals surface area contributed by atoms with Crippen LogP contribution >= 0.6 is 11.6 Å². The predicted molar refractivity (Wildman–Crippen MR) is 68.7 cm³/mol. The Balaban J connectivity index is 2.41.